The summed E-state index contributed by atoms with van der Waals surface area (Å²) in [6, 6.07) is 17.2. The molecule has 0 aliphatic rings. The molecule has 66 valence electrons. The summed E-state index contributed by atoms with van der Waals surface area (Å²) in [5.74, 6) is -0.157. The molecule has 0 fully saturated rings. The Bertz CT molecular complexity index is 394. The van der Waals surface area contributed by atoms with Crippen LogP contribution in [0.5, 0.6) is 0 Å². The van der Waals surface area contributed by atoms with E-state index in [1.165, 1.54) is 19.5 Å². The SMILES string of the molecule is Fc1cc[c]([Mg][c]2ccccc2)cc1. The molecule has 0 heterocycles. The van der Waals surface area contributed by atoms with Gasteiger partial charge in [0.05, 0.1) is 0 Å². The zero-order chi connectivity index (χ0) is 9.80. The van der Waals surface area contributed by atoms with Crippen molar-refractivity contribution in [3.05, 3.63) is 60.4 Å². The summed E-state index contributed by atoms with van der Waals surface area (Å²) in [7, 11) is 0. The van der Waals surface area contributed by atoms with E-state index in [4.69, 9.17) is 0 Å². The van der Waals surface area contributed by atoms with Crippen molar-refractivity contribution >= 4 is 27.8 Å². The van der Waals surface area contributed by atoms with E-state index in [0.29, 0.717) is 0 Å². The van der Waals surface area contributed by atoms with E-state index in [2.05, 4.69) is 12.1 Å². The van der Waals surface area contributed by atoms with E-state index in [0.717, 1.165) is 0 Å². The molecule has 0 spiro atoms. The molecule has 14 heavy (non-hydrogen) atoms. The lowest BCUT2D eigenvalue weighted by Crippen LogP contribution is -2.26. The van der Waals surface area contributed by atoms with Gasteiger partial charge in [-0.25, -0.2) is 4.39 Å². The lowest BCUT2D eigenvalue weighted by molar-refractivity contribution is 0.628. The highest BCUT2D eigenvalue weighted by atomic mass is 24.5. The largest absolute Gasteiger partial charge is 0.450 e. The fourth-order valence-corrected chi connectivity index (χ4v) is 2.88. The second-order valence-corrected chi connectivity index (χ2v) is 5.28. The minimum Gasteiger partial charge on any atom is -0.207 e. The first-order chi connectivity index (χ1) is 6.84. The standard InChI is InChI=1S/C6H4F.C6H5.Mg/c7-6-4-2-1-3-5-6;1-2-4-6-5-3-1;/h2-5H;1-5H;. The summed E-state index contributed by atoms with van der Waals surface area (Å²) in [5, 5.41) is 0. The summed E-state index contributed by atoms with van der Waals surface area (Å²) >= 11 is -0.417. The molecular formula is C12H9FMg. The van der Waals surface area contributed by atoms with Crippen LogP contribution in [0.3, 0.4) is 0 Å². The molecule has 2 heteroatoms. The first-order valence-electron chi connectivity index (χ1n) is 4.63. The van der Waals surface area contributed by atoms with Gasteiger partial charge in [0.25, 0.3) is 0 Å². The van der Waals surface area contributed by atoms with Crippen LogP contribution in [0.4, 0.5) is 4.39 Å². The molecule has 0 saturated heterocycles. The summed E-state index contributed by atoms with van der Waals surface area (Å²) in [6.07, 6.45) is 0. The average Bonchev–Trinajstić information content (AvgIpc) is 2.23. The fraction of sp³-hybridized carbons (Fsp3) is 0. The Morgan fingerprint density at radius 3 is 1.93 bits per heavy atom. The van der Waals surface area contributed by atoms with Crippen molar-refractivity contribution in [2.24, 2.45) is 0 Å². The zero-order valence-corrected chi connectivity index (χ0v) is 9.20. The predicted molar refractivity (Wildman–Crippen MR) is 57.9 cm³/mol. The monoisotopic (exact) mass is 196 g/mol. The average molecular weight is 197 g/mol. The number of benzene rings is 2. The number of halogens is 1. The fourth-order valence-electron chi connectivity index (χ4n) is 1.43. The summed E-state index contributed by atoms with van der Waals surface area (Å²) < 4.78 is 15.3. The van der Waals surface area contributed by atoms with E-state index in [-0.39, 0.29) is 5.82 Å². The maximum absolute atomic E-state index is 12.6. The van der Waals surface area contributed by atoms with Gasteiger partial charge in [-0.15, -0.1) is 0 Å². The zero-order valence-electron chi connectivity index (χ0n) is 7.78. The highest BCUT2D eigenvalue weighted by molar-refractivity contribution is 6.67. The van der Waals surface area contributed by atoms with Crippen LogP contribution in [0, 0.1) is 5.82 Å². The van der Waals surface area contributed by atoms with Gasteiger partial charge >= 0.3 is 20.4 Å². The molecule has 0 nitrogen and oxygen atoms in total. The van der Waals surface area contributed by atoms with Gasteiger partial charge in [0, 0.05) is 0 Å². The number of hydrogen-bond donors (Lipinski definition) is 0. The Balaban J connectivity index is 2.16. The molecule has 0 unspecified atom stereocenters. The van der Waals surface area contributed by atoms with Crippen molar-refractivity contribution in [3.8, 4) is 0 Å². The third-order valence-corrected chi connectivity index (χ3v) is 3.92. The first kappa shape index (κ1) is 9.68. The minimum atomic E-state index is -0.417. The molecule has 0 amide bonds. The van der Waals surface area contributed by atoms with Gasteiger partial charge in [0.2, 0.25) is 0 Å². The molecule has 2 aromatic rings. The number of rotatable bonds is 2. The van der Waals surface area contributed by atoms with Crippen LogP contribution >= 0.6 is 0 Å². The molecule has 2 rings (SSSR count). The third-order valence-electron chi connectivity index (χ3n) is 2.16. The molecule has 0 aromatic heterocycles. The molecule has 0 aliphatic heterocycles. The molecule has 0 saturated carbocycles. The predicted octanol–water partition coefficient (Wildman–Crippen LogP) is 1.48. The van der Waals surface area contributed by atoms with Crippen LogP contribution < -0.4 is 7.39 Å². The van der Waals surface area contributed by atoms with Gasteiger partial charge < -0.3 is 0 Å². The number of hydrogen-bond acceptors (Lipinski definition) is 0. The second-order valence-electron chi connectivity index (χ2n) is 3.29. The van der Waals surface area contributed by atoms with Crippen LogP contribution in [0.25, 0.3) is 0 Å². The van der Waals surface area contributed by atoms with Crippen molar-refractivity contribution < 1.29 is 4.39 Å². The van der Waals surface area contributed by atoms with Crippen LogP contribution in [-0.2, 0) is 0 Å². The smallest absolute Gasteiger partial charge is 0.207 e. The maximum atomic E-state index is 12.6. The summed E-state index contributed by atoms with van der Waals surface area (Å²) in [4.78, 5) is 0. The molecule has 0 bridgehead atoms. The van der Waals surface area contributed by atoms with Crippen LogP contribution in [0.1, 0.15) is 0 Å². The lowest BCUT2D eigenvalue weighted by atomic mass is 10.3. The van der Waals surface area contributed by atoms with Gasteiger partial charge in [-0.3, -0.25) is 0 Å². The topological polar surface area (TPSA) is 0 Å². The van der Waals surface area contributed by atoms with E-state index in [1.54, 1.807) is 0 Å². The summed E-state index contributed by atoms with van der Waals surface area (Å²) in [6.45, 7) is 0. The van der Waals surface area contributed by atoms with Gasteiger partial charge in [-0.05, 0) is 12.1 Å². The lowest BCUT2D eigenvalue weighted by Gasteiger charge is -1.99. The van der Waals surface area contributed by atoms with Crippen LogP contribution in [0.15, 0.2) is 54.6 Å². The summed E-state index contributed by atoms with van der Waals surface area (Å²) in [5.41, 5.74) is 0. The Labute approximate surface area is 92.5 Å². The highest BCUT2D eigenvalue weighted by Crippen LogP contribution is 1.92. The minimum absolute atomic E-state index is 0.157. The van der Waals surface area contributed by atoms with Crippen molar-refractivity contribution in [1.29, 1.82) is 0 Å². The quantitative estimate of drug-likeness (QED) is 0.639. The van der Waals surface area contributed by atoms with Crippen LogP contribution in [-0.4, -0.2) is 20.4 Å². The van der Waals surface area contributed by atoms with Gasteiger partial charge in [0.15, 0.2) is 0 Å². The van der Waals surface area contributed by atoms with Crippen molar-refractivity contribution in [2.45, 2.75) is 0 Å². The molecule has 0 atom stereocenters. The van der Waals surface area contributed by atoms with Crippen LogP contribution in [0.2, 0.25) is 0 Å². The second kappa shape index (κ2) is 4.58. The van der Waals surface area contributed by atoms with E-state index in [1.807, 2.05) is 30.3 Å². The Morgan fingerprint density at radius 1 is 0.714 bits per heavy atom. The maximum Gasteiger partial charge on any atom is 0.450 e. The Kier molecular flexibility index (Phi) is 3.16. The highest BCUT2D eigenvalue weighted by Gasteiger charge is 2.00. The van der Waals surface area contributed by atoms with E-state index in [9.17, 15) is 4.39 Å². The Hall–Kier alpha value is -0.864. The third kappa shape index (κ3) is 2.56. The molecule has 0 N–H and O–H groups in total. The first-order valence-corrected chi connectivity index (χ1v) is 6.04. The van der Waals surface area contributed by atoms with Gasteiger partial charge in [-0.2, -0.15) is 7.39 Å². The molecule has 0 aliphatic carbocycles. The Morgan fingerprint density at radius 2 is 1.29 bits per heavy atom. The normalized spacial score (nSPS) is 9.50. The molecule has 0 radical (unpaired) electrons. The van der Waals surface area contributed by atoms with E-state index < -0.39 is 20.4 Å². The van der Waals surface area contributed by atoms with Gasteiger partial charge in [0.1, 0.15) is 5.82 Å². The van der Waals surface area contributed by atoms with E-state index >= 15 is 0 Å². The van der Waals surface area contributed by atoms with Crippen molar-refractivity contribution in [2.75, 3.05) is 0 Å². The van der Waals surface area contributed by atoms with Crippen molar-refractivity contribution in [1.82, 2.24) is 0 Å². The van der Waals surface area contributed by atoms with Gasteiger partial charge in [-0.1, -0.05) is 42.5 Å². The molecular weight excluding hydrogens is 187 g/mol. The molecule has 2 aromatic carbocycles. The van der Waals surface area contributed by atoms with Crippen molar-refractivity contribution in [3.63, 3.8) is 0 Å².